The summed E-state index contributed by atoms with van der Waals surface area (Å²) in [6, 6.07) is 0. The SMILES string of the molecule is C=C1CC[C@H](O)C/C1=C\C=C1/CCC[C@]2(C)[C@@H]([C@H](C)CC[C@@H](CC)C(C)C)CC[C@@H]12. The highest BCUT2D eigenvalue weighted by atomic mass is 16.3. The molecule has 0 bridgehead atoms. The van der Waals surface area contributed by atoms with Gasteiger partial charge < -0.3 is 5.11 Å². The van der Waals surface area contributed by atoms with Crippen LogP contribution in [0, 0.1) is 35.0 Å². The largest absolute Gasteiger partial charge is 0.393 e. The minimum atomic E-state index is -0.175. The zero-order chi connectivity index (χ0) is 21.9. The standard InChI is InChI=1S/C29H48O/c1-7-23(20(2)3)12-10-22(5)27-16-17-28-24(9-8-18-29(27,28)6)13-14-25-19-26(30)15-11-21(25)4/h13-14,20,22-23,26-28,30H,4,7-12,15-19H2,1-3,5-6H3/b24-13+,25-14+/t22-,23-,26+,27-,28+,29-/m1/s1. The summed E-state index contributed by atoms with van der Waals surface area (Å²) in [7, 11) is 0. The lowest BCUT2D eigenvalue weighted by Crippen LogP contribution is -2.36. The van der Waals surface area contributed by atoms with Crippen molar-refractivity contribution in [2.75, 3.05) is 0 Å². The first-order valence-electron chi connectivity index (χ1n) is 13.0. The summed E-state index contributed by atoms with van der Waals surface area (Å²) in [6.45, 7) is 16.6. The van der Waals surface area contributed by atoms with Gasteiger partial charge in [0.2, 0.25) is 0 Å². The van der Waals surface area contributed by atoms with E-state index in [1.165, 1.54) is 62.5 Å². The Morgan fingerprint density at radius 3 is 2.57 bits per heavy atom. The van der Waals surface area contributed by atoms with Crippen molar-refractivity contribution in [3.05, 3.63) is 35.5 Å². The van der Waals surface area contributed by atoms with Gasteiger partial charge in [-0.15, -0.1) is 0 Å². The van der Waals surface area contributed by atoms with Gasteiger partial charge in [-0.1, -0.05) is 77.3 Å². The monoisotopic (exact) mass is 412 g/mol. The second-order valence-corrected chi connectivity index (χ2v) is 11.5. The lowest BCUT2D eigenvalue weighted by molar-refractivity contribution is 0.0900. The van der Waals surface area contributed by atoms with E-state index in [2.05, 4.69) is 53.3 Å². The van der Waals surface area contributed by atoms with Crippen molar-refractivity contribution in [2.24, 2.45) is 35.0 Å². The topological polar surface area (TPSA) is 20.2 Å². The molecule has 170 valence electrons. The molecule has 0 heterocycles. The van der Waals surface area contributed by atoms with Gasteiger partial charge in [0.15, 0.2) is 0 Å². The van der Waals surface area contributed by atoms with E-state index < -0.39 is 0 Å². The maximum Gasteiger partial charge on any atom is 0.0583 e. The molecule has 0 aromatic heterocycles. The number of hydrogen-bond acceptors (Lipinski definition) is 1. The lowest BCUT2D eigenvalue weighted by atomic mass is 9.60. The zero-order valence-electron chi connectivity index (χ0n) is 20.6. The lowest BCUT2D eigenvalue weighted by Gasteiger charge is -2.44. The molecule has 3 fully saturated rings. The third-order valence-electron chi connectivity index (χ3n) is 9.37. The fourth-order valence-electron chi connectivity index (χ4n) is 7.30. The molecule has 3 rings (SSSR count). The van der Waals surface area contributed by atoms with E-state index in [1.807, 2.05) is 0 Å². The van der Waals surface area contributed by atoms with Crippen molar-refractivity contribution in [3.8, 4) is 0 Å². The zero-order valence-corrected chi connectivity index (χ0v) is 20.6. The fourth-order valence-corrected chi connectivity index (χ4v) is 7.30. The smallest absolute Gasteiger partial charge is 0.0583 e. The quantitative estimate of drug-likeness (QED) is 0.446. The van der Waals surface area contributed by atoms with Crippen molar-refractivity contribution >= 4 is 0 Å². The number of fused-ring (bicyclic) bond motifs is 1. The maximum atomic E-state index is 10.1. The van der Waals surface area contributed by atoms with Gasteiger partial charge in [-0.25, -0.2) is 0 Å². The molecule has 30 heavy (non-hydrogen) atoms. The normalized spacial score (nSPS) is 37.0. The molecule has 0 aliphatic heterocycles. The number of aliphatic hydroxyl groups excluding tert-OH is 1. The molecule has 3 aliphatic carbocycles. The van der Waals surface area contributed by atoms with Crippen LogP contribution in [0.5, 0.6) is 0 Å². The molecule has 0 unspecified atom stereocenters. The molecule has 6 atom stereocenters. The Labute approximate surface area is 187 Å². The average molecular weight is 413 g/mol. The Balaban J connectivity index is 1.69. The van der Waals surface area contributed by atoms with Crippen LogP contribution in [0.2, 0.25) is 0 Å². The van der Waals surface area contributed by atoms with Crippen LogP contribution in [-0.2, 0) is 0 Å². The van der Waals surface area contributed by atoms with Gasteiger partial charge in [-0.05, 0) is 98.4 Å². The first kappa shape index (κ1) is 23.8. The van der Waals surface area contributed by atoms with E-state index in [9.17, 15) is 5.11 Å². The predicted octanol–water partition coefficient (Wildman–Crippen LogP) is 8.26. The van der Waals surface area contributed by atoms with Crippen LogP contribution in [0.25, 0.3) is 0 Å². The van der Waals surface area contributed by atoms with E-state index in [0.29, 0.717) is 5.41 Å². The summed E-state index contributed by atoms with van der Waals surface area (Å²) in [5.41, 5.74) is 4.71. The van der Waals surface area contributed by atoms with Crippen molar-refractivity contribution < 1.29 is 5.11 Å². The molecule has 0 amide bonds. The molecule has 0 saturated heterocycles. The molecule has 0 radical (unpaired) electrons. The Morgan fingerprint density at radius 1 is 1.10 bits per heavy atom. The number of aliphatic hydroxyl groups is 1. The van der Waals surface area contributed by atoms with Gasteiger partial charge in [0, 0.05) is 0 Å². The highest BCUT2D eigenvalue weighted by Crippen LogP contribution is 2.60. The third kappa shape index (κ3) is 5.14. The summed E-state index contributed by atoms with van der Waals surface area (Å²) >= 11 is 0. The summed E-state index contributed by atoms with van der Waals surface area (Å²) in [6.07, 6.45) is 18.2. The summed E-state index contributed by atoms with van der Waals surface area (Å²) in [5, 5.41) is 10.1. The average Bonchev–Trinajstić information content (AvgIpc) is 3.06. The molecule has 0 aromatic carbocycles. The van der Waals surface area contributed by atoms with Crippen molar-refractivity contribution in [1.29, 1.82) is 0 Å². The predicted molar refractivity (Wildman–Crippen MR) is 130 cm³/mol. The Hall–Kier alpha value is -0.820. The highest BCUT2D eigenvalue weighted by molar-refractivity contribution is 5.36. The van der Waals surface area contributed by atoms with E-state index >= 15 is 0 Å². The Kier molecular flexibility index (Phi) is 8.10. The van der Waals surface area contributed by atoms with Gasteiger partial charge >= 0.3 is 0 Å². The second-order valence-electron chi connectivity index (χ2n) is 11.5. The van der Waals surface area contributed by atoms with Crippen molar-refractivity contribution in [2.45, 2.75) is 111 Å². The van der Waals surface area contributed by atoms with Gasteiger partial charge in [0.05, 0.1) is 6.10 Å². The van der Waals surface area contributed by atoms with Crippen LogP contribution in [0.3, 0.4) is 0 Å². The fraction of sp³-hybridized carbons (Fsp3) is 0.793. The maximum absolute atomic E-state index is 10.1. The van der Waals surface area contributed by atoms with Gasteiger partial charge in [-0.3, -0.25) is 0 Å². The van der Waals surface area contributed by atoms with E-state index in [0.717, 1.165) is 48.9 Å². The minimum absolute atomic E-state index is 0.175. The summed E-state index contributed by atoms with van der Waals surface area (Å²) in [5.74, 6) is 4.21. The first-order chi connectivity index (χ1) is 14.3. The molecule has 1 nitrogen and oxygen atoms in total. The van der Waals surface area contributed by atoms with E-state index in [-0.39, 0.29) is 6.10 Å². The Bertz CT molecular complexity index is 653. The molecular weight excluding hydrogens is 364 g/mol. The molecule has 3 aliphatic rings. The van der Waals surface area contributed by atoms with E-state index in [1.54, 1.807) is 5.57 Å². The van der Waals surface area contributed by atoms with Crippen molar-refractivity contribution in [1.82, 2.24) is 0 Å². The summed E-state index contributed by atoms with van der Waals surface area (Å²) < 4.78 is 0. The van der Waals surface area contributed by atoms with E-state index in [4.69, 9.17) is 0 Å². The molecule has 0 spiro atoms. The van der Waals surface area contributed by atoms with Crippen LogP contribution in [0.1, 0.15) is 105 Å². The van der Waals surface area contributed by atoms with Crippen LogP contribution < -0.4 is 0 Å². The van der Waals surface area contributed by atoms with Crippen LogP contribution in [-0.4, -0.2) is 11.2 Å². The highest BCUT2D eigenvalue weighted by Gasteiger charge is 2.50. The molecule has 1 N–H and O–H groups in total. The van der Waals surface area contributed by atoms with Crippen LogP contribution in [0.4, 0.5) is 0 Å². The van der Waals surface area contributed by atoms with Gasteiger partial charge in [0.25, 0.3) is 0 Å². The minimum Gasteiger partial charge on any atom is -0.393 e. The molecular formula is C29H48O. The second kappa shape index (κ2) is 10.2. The number of allylic oxidation sites excluding steroid dienone is 4. The van der Waals surface area contributed by atoms with Gasteiger partial charge in [0.1, 0.15) is 0 Å². The first-order valence-corrected chi connectivity index (χ1v) is 13.0. The Morgan fingerprint density at radius 2 is 1.87 bits per heavy atom. The van der Waals surface area contributed by atoms with Crippen LogP contribution in [0.15, 0.2) is 35.5 Å². The third-order valence-corrected chi connectivity index (χ3v) is 9.37. The van der Waals surface area contributed by atoms with Gasteiger partial charge in [-0.2, -0.15) is 0 Å². The number of hydrogen-bond donors (Lipinski definition) is 1. The molecule has 0 aromatic rings. The van der Waals surface area contributed by atoms with Crippen molar-refractivity contribution in [3.63, 3.8) is 0 Å². The summed E-state index contributed by atoms with van der Waals surface area (Å²) in [4.78, 5) is 0. The molecule has 1 heteroatoms. The number of rotatable bonds is 7. The molecule has 3 saturated carbocycles. The van der Waals surface area contributed by atoms with Crippen LogP contribution >= 0.6 is 0 Å².